The molecule has 0 saturated carbocycles. The van der Waals surface area contributed by atoms with Gasteiger partial charge in [-0.25, -0.2) is 4.98 Å². The number of benzene rings is 2. The predicted octanol–water partition coefficient (Wildman–Crippen LogP) is 4.90. The van der Waals surface area contributed by atoms with Crippen molar-refractivity contribution in [3.63, 3.8) is 0 Å². The molecule has 0 unspecified atom stereocenters. The van der Waals surface area contributed by atoms with Gasteiger partial charge in [-0.1, -0.05) is 60.2 Å². The van der Waals surface area contributed by atoms with Crippen molar-refractivity contribution in [2.75, 3.05) is 0 Å². The Hall–Kier alpha value is -3.18. The standard InChI is InChI=1S/C23H21N3OS/c1-17-9-11-18(12-10-17)14-24-22(27)15-26-13-5-8-21(26)23-25-20(16-28-23)19-6-3-2-4-7-19/h2-13,16H,14-15H2,1H3,(H,24,27). The topological polar surface area (TPSA) is 46.9 Å². The van der Waals surface area contributed by atoms with Crippen LogP contribution >= 0.6 is 11.3 Å². The molecule has 2 heterocycles. The molecule has 2 aromatic heterocycles. The van der Waals surface area contributed by atoms with Crippen LogP contribution in [-0.4, -0.2) is 15.5 Å². The van der Waals surface area contributed by atoms with Gasteiger partial charge in [0.2, 0.25) is 5.91 Å². The van der Waals surface area contributed by atoms with E-state index in [2.05, 4.69) is 41.9 Å². The molecule has 0 bridgehead atoms. The first kappa shape index (κ1) is 18.2. The van der Waals surface area contributed by atoms with Crippen molar-refractivity contribution in [2.45, 2.75) is 20.0 Å². The number of carbonyl (C=O) groups excluding carboxylic acids is 1. The molecule has 0 aliphatic rings. The summed E-state index contributed by atoms with van der Waals surface area (Å²) in [5, 5.41) is 5.96. The van der Waals surface area contributed by atoms with Crippen LogP contribution in [-0.2, 0) is 17.9 Å². The van der Waals surface area contributed by atoms with E-state index in [0.29, 0.717) is 6.54 Å². The number of hydrogen-bond acceptors (Lipinski definition) is 3. The van der Waals surface area contributed by atoms with E-state index in [1.807, 2.05) is 53.2 Å². The summed E-state index contributed by atoms with van der Waals surface area (Å²) >= 11 is 1.59. The lowest BCUT2D eigenvalue weighted by molar-refractivity contribution is -0.121. The Kier molecular flexibility index (Phi) is 5.35. The molecule has 5 heteroatoms. The highest BCUT2D eigenvalue weighted by molar-refractivity contribution is 7.13. The van der Waals surface area contributed by atoms with E-state index in [0.717, 1.165) is 27.5 Å². The first-order chi connectivity index (χ1) is 13.7. The minimum Gasteiger partial charge on any atom is -0.350 e. The molecule has 0 aliphatic carbocycles. The zero-order valence-electron chi connectivity index (χ0n) is 15.6. The van der Waals surface area contributed by atoms with Gasteiger partial charge in [0.1, 0.15) is 11.6 Å². The molecule has 4 rings (SSSR count). The maximum Gasteiger partial charge on any atom is 0.240 e. The Balaban J connectivity index is 1.43. The van der Waals surface area contributed by atoms with Crippen LogP contribution in [0.25, 0.3) is 22.0 Å². The van der Waals surface area contributed by atoms with Crippen LogP contribution in [0.4, 0.5) is 0 Å². The highest BCUT2D eigenvalue weighted by Crippen LogP contribution is 2.29. The summed E-state index contributed by atoms with van der Waals surface area (Å²) in [7, 11) is 0. The molecule has 4 aromatic rings. The zero-order valence-corrected chi connectivity index (χ0v) is 16.4. The van der Waals surface area contributed by atoms with Crippen LogP contribution in [0.3, 0.4) is 0 Å². The van der Waals surface area contributed by atoms with Gasteiger partial charge in [0.15, 0.2) is 0 Å². The number of carbonyl (C=O) groups is 1. The van der Waals surface area contributed by atoms with Crippen molar-refractivity contribution in [1.29, 1.82) is 0 Å². The van der Waals surface area contributed by atoms with E-state index in [4.69, 9.17) is 4.98 Å². The van der Waals surface area contributed by atoms with E-state index in [1.165, 1.54) is 5.56 Å². The lowest BCUT2D eigenvalue weighted by Crippen LogP contribution is -2.27. The summed E-state index contributed by atoms with van der Waals surface area (Å²) in [5.74, 6) is -0.0159. The van der Waals surface area contributed by atoms with E-state index in [9.17, 15) is 4.79 Å². The molecule has 2 aromatic carbocycles. The van der Waals surface area contributed by atoms with Crippen molar-refractivity contribution in [1.82, 2.24) is 14.9 Å². The number of nitrogens with one attached hydrogen (secondary N) is 1. The van der Waals surface area contributed by atoms with Crippen LogP contribution in [0.2, 0.25) is 0 Å². The smallest absolute Gasteiger partial charge is 0.240 e. The largest absolute Gasteiger partial charge is 0.350 e. The third-order valence-electron chi connectivity index (χ3n) is 4.55. The molecule has 4 nitrogen and oxygen atoms in total. The molecule has 28 heavy (non-hydrogen) atoms. The third kappa shape index (κ3) is 4.21. The zero-order chi connectivity index (χ0) is 19.3. The fourth-order valence-electron chi connectivity index (χ4n) is 3.00. The number of thiazole rings is 1. The van der Waals surface area contributed by atoms with Crippen molar-refractivity contribution in [3.05, 3.63) is 89.4 Å². The van der Waals surface area contributed by atoms with Crippen LogP contribution in [0.5, 0.6) is 0 Å². The maximum atomic E-state index is 12.4. The summed E-state index contributed by atoms with van der Waals surface area (Å²) in [4.78, 5) is 17.2. The number of aromatic nitrogens is 2. The number of rotatable bonds is 6. The lowest BCUT2D eigenvalue weighted by Gasteiger charge is -2.09. The third-order valence-corrected chi connectivity index (χ3v) is 5.41. The number of nitrogens with zero attached hydrogens (tertiary/aromatic N) is 2. The highest BCUT2D eigenvalue weighted by atomic mass is 32.1. The average molecular weight is 388 g/mol. The van der Waals surface area contributed by atoms with Gasteiger partial charge >= 0.3 is 0 Å². The first-order valence-electron chi connectivity index (χ1n) is 9.18. The second kappa shape index (κ2) is 8.23. The fraction of sp³-hybridized carbons (Fsp3) is 0.130. The Morgan fingerprint density at radius 1 is 1.04 bits per heavy atom. The van der Waals surface area contributed by atoms with Crippen molar-refractivity contribution >= 4 is 17.2 Å². The molecule has 0 fully saturated rings. The van der Waals surface area contributed by atoms with Gasteiger partial charge in [0.25, 0.3) is 0 Å². The van der Waals surface area contributed by atoms with E-state index >= 15 is 0 Å². The molecule has 0 saturated heterocycles. The molecule has 0 atom stereocenters. The van der Waals surface area contributed by atoms with Crippen LogP contribution in [0.1, 0.15) is 11.1 Å². The fourth-order valence-corrected chi connectivity index (χ4v) is 3.87. The Morgan fingerprint density at radius 3 is 2.61 bits per heavy atom. The maximum absolute atomic E-state index is 12.4. The predicted molar refractivity (Wildman–Crippen MR) is 114 cm³/mol. The molecule has 1 amide bonds. The summed E-state index contributed by atoms with van der Waals surface area (Å²) in [6.07, 6.45) is 1.92. The number of hydrogen-bond donors (Lipinski definition) is 1. The molecular formula is C23H21N3OS. The molecule has 140 valence electrons. The van der Waals surface area contributed by atoms with Gasteiger partial charge in [-0.3, -0.25) is 4.79 Å². The summed E-state index contributed by atoms with van der Waals surface area (Å²) in [6.45, 7) is 2.86. The minimum atomic E-state index is -0.0159. The van der Waals surface area contributed by atoms with E-state index in [-0.39, 0.29) is 12.5 Å². The minimum absolute atomic E-state index is 0.0159. The average Bonchev–Trinajstić information content (AvgIpc) is 3.37. The Labute approximate surface area is 168 Å². The molecule has 0 radical (unpaired) electrons. The summed E-state index contributed by atoms with van der Waals surface area (Å²) in [6, 6.07) is 22.3. The van der Waals surface area contributed by atoms with E-state index < -0.39 is 0 Å². The van der Waals surface area contributed by atoms with Crippen molar-refractivity contribution in [2.24, 2.45) is 0 Å². The molecular weight excluding hydrogens is 366 g/mol. The summed E-state index contributed by atoms with van der Waals surface area (Å²) < 4.78 is 1.94. The first-order valence-corrected chi connectivity index (χ1v) is 10.1. The van der Waals surface area contributed by atoms with Crippen LogP contribution < -0.4 is 5.32 Å². The number of aryl methyl sites for hydroxylation is 1. The molecule has 1 N–H and O–H groups in total. The number of amides is 1. The van der Waals surface area contributed by atoms with Gasteiger partial charge in [-0.05, 0) is 24.6 Å². The molecule has 0 spiro atoms. The van der Waals surface area contributed by atoms with E-state index in [1.54, 1.807) is 11.3 Å². The highest BCUT2D eigenvalue weighted by Gasteiger charge is 2.12. The quantitative estimate of drug-likeness (QED) is 0.511. The Bertz CT molecular complexity index is 1060. The van der Waals surface area contributed by atoms with Crippen molar-refractivity contribution < 1.29 is 4.79 Å². The Morgan fingerprint density at radius 2 is 1.82 bits per heavy atom. The van der Waals surface area contributed by atoms with Gasteiger partial charge in [0.05, 0.1) is 11.4 Å². The normalized spacial score (nSPS) is 10.8. The van der Waals surface area contributed by atoms with Gasteiger partial charge < -0.3 is 9.88 Å². The summed E-state index contributed by atoms with van der Waals surface area (Å²) in [5.41, 5.74) is 5.32. The van der Waals surface area contributed by atoms with Gasteiger partial charge in [-0.2, -0.15) is 0 Å². The SMILES string of the molecule is Cc1ccc(CNC(=O)Cn2cccc2-c2nc(-c3ccccc3)cs2)cc1. The van der Waals surface area contributed by atoms with Gasteiger partial charge in [-0.15, -0.1) is 11.3 Å². The van der Waals surface area contributed by atoms with Crippen LogP contribution in [0, 0.1) is 6.92 Å². The lowest BCUT2D eigenvalue weighted by atomic mass is 10.1. The van der Waals surface area contributed by atoms with Crippen LogP contribution in [0.15, 0.2) is 78.3 Å². The van der Waals surface area contributed by atoms with Gasteiger partial charge in [0, 0.05) is 23.7 Å². The second-order valence-electron chi connectivity index (χ2n) is 6.69. The molecule has 0 aliphatic heterocycles. The second-order valence-corrected chi connectivity index (χ2v) is 7.55. The van der Waals surface area contributed by atoms with Crippen molar-refractivity contribution in [3.8, 4) is 22.0 Å². The monoisotopic (exact) mass is 387 g/mol.